The van der Waals surface area contributed by atoms with E-state index in [9.17, 15) is 9.90 Å². The average Bonchev–Trinajstić information content (AvgIpc) is 2.77. The number of aromatic hydroxyl groups is 1. The summed E-state index contributed by atoms with van der Waals surface area (Å²) in [6.07, 6.45) is 1.96. The fourth-order valence-electron chi connectivity index (χ4n) is 1.66. The lowest BCUT2D eigenvalue weighted by Crippen LogP contribution is -2.15. The van der Waals surface area contributed by atoms with E-state index in [1.54, 1.807) is 16.9 Å². The molecule has 1 amide bonds. The fraction of sp³-hybridized carbons (Fsp3) is 0.231. The van der Waals surface area contributed by atoms with E-state index in [0.29, 0.717) is 17.3 Å². The molecule has 0 fully saturated rings. The number of carbonyl (C=O) groups is 1. The Morgan fingerprint density at radius 1 is 1.47 bits per heavy atom. The number of hydrogen-bond donors (Lipinski definition) is 2. The van der Waals surface area contributed by atoms with Crippen molar-refractivity contribution in [1.29, 1.82) is 0 Å². The second kappa shape index (κ2) is 5.75. The van der Waals surface area contributed by atoms with Crippen LogP contribution in [0.4, 0.5) is 5.69 Å². The number of halogens is 1. The molecule has 1 aromatic carbocycles. The molecule has 0 aliphatic heterocycles. The zero-order chi connectivity index (χ0) is 13.8. The van der Waals surface area contributed by atoms with E-state index < -0.39 is 0 Å². The van der Waals surface area contributed by atoms with Gasteiger partial charge in [-0.15, -0.1) is 0 Å². The molecular weight excluding hydrogens is 266 g/mol. The summed E-state index contributed by atoms with van der Waals surface area (Å²) in [6.45, 7) is 2.42. The van der Waals surface area contributed by atoms with Crippen LogP contribution in [0.25, 0.3) is 0 Å². The number of nitrogens with one attached hydrogen (secondary N) is 1. The van der Waals surface area contributed by atoms with Gasteiger partial charge in [-0.25, -0.2) is 0 Å². The quantitative estimate of drug-likeness (QED) is 0.845. The van der Waals surface area contributed by atoms with Crippen molar-refractivity contribution in [2.45, 2.75) is 19.9 Å². The molecule has 1 heterocycles. The van der Waals surface area contributed by atoms with Gasteiger partial charge in [0.05, 0.1) is 5.69 Å². The predicted molar refractivity (Wildman–Crippen MR) is 73.3 cm³/mol. The van der Waals surface area contributed by atoms with E-state index in [2.05, 4.69) is 10.4 Å². The summed E-state index contributed by atoms with van der Waals surface area (Å²) in [5.41, 5.74) is 1.31. The predicted octanol–water partition coefficient (Wildman–Crippen LogP) is 2.58. The smallest absolute Gasteiger partial charge is 0.226 e. The molecule has 1 aromatic heterocycles. The van der Waals surface area contributed by atoms with Gasteiger partial charge in [-0.3, -0.25) is 9.48 Å². The van der Waals surface area contributed by atoms with Crippen LogP contribution in [0.3, 0.4) is 0 Å². The molecule has 2 N–H and O–H groups in total. The maximum Gasteiger partial charge on any atom is 0.226 e. The van der Waals surface area contributed by atoms with Crippen molar-refractivity contribution in [3.63, 3.8) is 0 Å². The molecule has 0 aliphatic rings. The van der Waals surface area contributed by atoms with E-state index in [0.717, 1.165) is 5.69 Å². The SMILES string of the molecule is Cc1ccnn1CCC(=O)Nc1cc(Cl)ccc1O. The van der Waals surface area contributed by atoms with Gasteiger partial charge in [0.15, 0.2) is 0 Å². The zero-order valence-corrected chi connectivity index (χ0v) is 11.2. The first kappa shape index (κ1) is 13.4. The van der Waals surface area contributed by atoms with Crippen LogP contribution in [0, 0.1) is 6.92 Å². The lowest BCUT2D eigenvalue weighted by molar-refractivity contribution is -0.116. The summed E-state index contributed by atoms with van der Waals surface area (Å²) in [4.78, 5) is 11.8. The Morgan fingerprint density at radius 2 is 2.26 bits per heavy atom. The normalized spacial score (nSPS) is 10.4. The molecule has 0 atom stereocenters. The van der Waals surface area contributed by atoms with E-state index in [1.807, 2.05) is 13.0 Å². The summed E-state index contributed by atoms with van der Waals surface area (Å²) < 4.78 is 1.75. The Hall–Kier alpha value is -2.01. The molecule has 6 heteroatoms. The molecule has 2 rings (SSSR count). The van der Waals surface area contributed by atoms with Gasteiger partial charge in [-0.1, -0.05) is 11.6 Å². The van der Waals surface area contributed by atoms with Crippen LogP contribution in [-0.2, 0) is 11.3 Å². The number of phenolic OH excluding ortho intramolecular Hbond substituents is 1. The largest absolute Gasteiger partial charge is 0.506 e. The molecule has 0 unspecified atom stereocenters. The maximum atomic E-state index is 11.8. The minimum absolute atomic E-state index is 0.00646. The summed E-state index contributed by atoms with van der Waals surface area (Å²) >= 11 is 5.80. The summed E-state index contributed by atoms with van der Waals surface area (Å²) in [6, 6.07) is 6.38. The molecule has 100 valence electrons. The second-order valence-corrected chi connectivity index (χ2v) is 4.59. The second-order valence-electron chi connectivity index (χ2n) is 4.16. The highest BCUT2D eigenvalue weighted by Gasteiger charge is 2.08. The Bertz CT molecular complexity index is 595. The van der Waals surface area contributed by atoms with Crippen LogP contribution in [0.2, 0.25) is 5.02 Å². The van der Waals surface area contributed by atoms with Crippen molar-refractivity contribution >= 4 is 23.2 Å². The maximum absolute atomic E-state index is 11.8. The number of carbonyl (C=O) groups excluding carboxylic acids is 1. The fourth-order valence-corrected chi connectivity index (χ4v) is 1.83. The van der Waals surface area contributed by atoms with Crippen LogP contribution in [0.1, 0.15) is 12.1 Å². The van der Waals surface area contributed by atoms with Gasteiger partial charge in [-0.05, 0) is 31.2 Å². The number of benzene rings is 1. The molecule has 2 aromatic rings. The summed E-state index contributed by atoms with van der Waals surface area (Å²) in [5.74, 6) is -0.208. The minimum Gasteiger partial charge on any atom is -0.506 e. The van der Waals surface area contributed by atoms with Gasteiger partial charge < -0.3 is 10.4 Å². The van der Waals surface area contributed by atoms with Crippen molar-refractivity contribution in [3.05, 3.63) is 41.2 Å². The average molecular weight is 280 g/mol. The molecule has 0 saturated heterocycles. The topological polar surface area (TPSA) is 67.2 Å². The van der Waals surface area contributed by atoms with Gasteiger partial charge in [-0.2, -0.15) is 5.10 Å². The molecule has 0 spiro atoms. The minimum atomic E-state index is -0.201. The molecular formula is C13H14ClN3O2. The molecule has 0 saturated carbocycles. The van der Waals surface area contributed by atoms with Crippen LogP contribution in [0.15, 0.2) is 30.5 Å². The number of phenols is 1. The number of amides is 1. The van der Waals surface area contributed by atoms with Crippen LogP contribution < -0.4 is 5.32 Å². The number of aryl methyl sites for hydroxylation is 2. The van der Waals surface area contributed by atoms with Gasteiger partial charge >= 0.3 is 0 Å². The first-order valence-corrected chi connectivity index (χ1v) is 6.21. The van der Waals surface area contributed by atoms with Crippen LogP contribution in [0.5, 0.6) is 5.75 Å². The van der Waals surface area contributed by atoms with Crippen molar-refractivity contribution in [1.82, 2.24) is 9.78 Å². The number of anilines is 1. The Balaban J connectivity index is 1.94. The number of aromatic nitrogens is 2. The third-order valence-corrected chi connectivity index (χ3v) is 2.95. The Labute approximate surface area is 115 Å². The zero-order valence-electron chi connectivity index (χ0n) is 10.4. The molecule has 5 nitrogen and oxygen atoms in total. The summed E-state index contributed by atoms with van der Waals surface area (Å²) in [7, 11) is 0. The molecule has 0 aliphatic carbocycles. The van der Waals surface area contributed by atoms with Gasteiger partial charge in [0.25, 0.3) is 0 Å². The molecule has 0 bridgehead atoms. The third-order valence-electron chi connectivity index (χ3n) is 2.71. The Morgan fingerprint density at radius 3 is 2.95 bits per heavy atom. The van der Waals surface area contributed by atoms with Crippen molar-refractivity contribution in [3.8, 4) is 5.75 Å². The van der Waals surface area contributed by atoms with E-state index >= 15 is 0 Å². The van der Waals surface area contributed by atoms with E-state index in [1.165, 1.54) is 12.1 Å². The third kappa shape index (κ3) is 3.48. The lowest BCUT2D eigenvalue weighted by atomic mass is 10.2. The monoisotopic (exact) mass is 279 g/mol. The highest BCUT2D eigenvalue weighted by molar-refractivity contribution is 6.31. The number of nitrogens with zero attached hydrogens (tertiary/aromatic N) is 2. The van der Waals surface area contributed by atoms with Gasteiger partial charge in [0.2, 0.25) is 5.91 Å². The van der Waals surface area contributed by atoms with Crippen molar-refractivity contribution < 1.29 is 9.90 Å². The molecule has 0 radical (unpaired) electrons. The van der Waals surface area contributed by atoms with Gasteiger partial charge in [0, 0.05) is 29.9 Å². The number of rotatable bonds is 4. The van der Waals surface area contributed by atoms with Crippen molar-refractivity contribution in [2.75, 3.05) is 5.32 Å². The van der Waals surface area contributed by atoms with E-state index in [-0.39, 0.29) is 18.1 Å². The highest BCUT2D eigenvalue weighted by atomic mass is 35.5. The van der Waals surface area contributed by atoms with Gasteiger partial charge in [0.1, 0.15) is 5.75 Å². The Kier molecular flexibility index (Phi) is 4.06. The standard InChI is InChI=1S/C13H14ClN3O2/c1-9-4-6-15-17(9)7-5-13(19)16-11-8-10(14)2-3-12(11)18/h2-4,6,8,18H,5,7H2,1H3,(H,16,19). The first-order chi connectivity index (χ1) is 9.06. The number of hydrogen-bond acceptors (Lipinski definition) is 3. The van der Waals surface area contributed by atoms with Crippen molar-refractivity contribution in [2.24, 2.45) is 0 Å². The van der Waals surface area contributed by atoms with Crippen LogP contribution in [-0.4, -0.2) is 20.8 Å². The summed E-state index contributed by atoms with van der Waals surface area (Å²) in [5, 5.41) is 16.8. The van der Waals surface area contributed by atoms with E-state index in [4.69, 9.17) is 11.6 Å². The highest BCUT2D eigenvalue weighted by Crippen LogP contribution is 2.26. The van der Waals surface area contributed by atoms with Crippen LogP contribution >= 0.6 is 11.6 Å². The molecule has 19 heavy (non-hydrogen) atoms. The first-order valence-electron chi connectivity index (χ1n) is 5.83. The lowest BCUT2D eigenvalue weighted by Gasteiger charge is -2.08.